The minimum Gasteiger partial charge on any atom is -0.493 e. The van der Waals surface area contributed by atoms with Crippen molar-refractivity contribution in [3.05, 3.63) is 89.5 Å². The standard InChI is InChI=1S/C31H30N2O5/c1-3-9-22-16-20(17-26-29(34)32-31(36)33(30(26)35)24-13-5-6-14-24)18-27(37-2)28(22)38-19-23-12-8-11-21-10-4-7-15-25(21)23/h3-4,7-8,10-12,15-18,24H,1,5-6,9,13-14,19H2,2H3,(H,32,34,36)/b26-17+. The molecule has 0 aromatic heterocycles. The van der Waals surface area contributed by atoms with Gasteiger partial charge >= 0.3 is 6.03 Å². The summed E-state index contributed by atoms with van der Waals surface area (Å²) in [7, 11) is 1.55. The maximum atomic E-state index is 13.2. The lowest BCUT2D eigenvalue weighted by molar-refractivity contribution is -0.131. The molecular formula is C31H30N2O5. The number of benzene rings is 3. The van der Waals surface area contributed by atoms with Gasteiger partial charge in [-0.25, -0.2) is 4.79 Å². The fourth-order valence-corrected chi connectivity index (χ4v) is 5.29. The van der Waals surface area contributed by atoms with Crippen LogP contribution in [0.1, 0.15) is 42.4 Å². The number of urea groups is 1. The lowest BCUT2D eigenvalue weighted by atomic mass is 10.0. The molecule has 2 aliphatic rings. The third kappa shape index (κ3) is 4.92. The highest BCUT2D eigenvalue weighted by Crippen LogP contribution is 2.36. The van der Waals surface area contributed by atoms with Crippen molar-refractivity contribution in [1.29, 1.82) is 0 Å². The Balaban J connectivity index is 1.47. The molecule has 0 spiro atoms. The molecule has 3 aromatic carbocycles. The van der Waals surface area contributed by atoms with Gasteiger partial charge in [-0.05, 0) is 59.4 Å². The predicted molar refractivity (Wildman–Crippen MR) is 146 cm³/mol. The van der Waals surface area contributed by atoms with Crippen molar-refractivity contribution >= 4 is 34.7 Å². The Morgan fingerprint density at radius 3 is 2.55 bits per heavy atom. The summed E-state index contributed by atoms with van der Waals surface area (Å²) in [6.45, 7) is 4.20. The summed E-state index contributed by atoms with van der Waals surface area (Å²) in [6, 6.07) is 17.0. The first-order valence-corrected chi connectivity index (χ1v) is 12.8. The van der Waals surface area contributed by atoms with Gasteiger partial charge in [0.2, 0.25) is 0 Å². The van der Waals surface area contributed by atoms with Crippen LogP contribution in [-0.2, 0) is 22.6 Å². The molecule has 0 unspecified atom stereocenters. The molecule has 0 bridgehead atoms. The van der Waals surface area contributed by atoms with Gasteiger partial charge in [-0.15, -0.1) is 6.58 Å². The molecule has 194 valence electrons. The summed E-state index contributed by atoms with van der Waals surface area (Å²) in [5.41, 5.74) is 2.36. The molecule has 38 heavy (non-hydrogen) atoms. The van der Waals surface area contributed by atoms with Crippen molar-refractivity contribution in [3.8, 4) is 11.5 Å². The summed E-state index contributed by atoms with van der Waals surface area (Å²) in [5, 5.41) is 4.57. The summed E-state index contributed by atoms with van der Waals surface area (Å²) >= 11 is 0. The van der Waals surface area contributed by atoms with Crippen molar-refractivity contribution in [2.45, 2.75) is 44.8 Å². The molecule has 1 saturated heterocycles. The Kier molecular flexibility index (Phi) is 7.26. The van der Waals surface area contributed by atoms with E-state index in [1.165, 1.54) is 11.0 Å². The van der Waals surface area contributed by atoms with Crippen LogP contribution in [-0.4, -0.2) is 35.9 Å². The van der Waals surface area contributed by atoms with Crippen LogP contribution in [0.2, 0.25) is 0 Å². The second kappa shape index (κ2) is 10.9. The van der Waals surface area contributed by atoms with Gasteiger partial charge in [-0.1, -0.05) is 61.4 Å². The minimum absolute atomic E-state index is 0.0764. The van der Waals surface area contributed by atoms with Crippen molar-refractivity contribution in [2.24, 2.45) is 0 Å². The molecular weight excluding hydrogens is 480 g/mol. The van der Waals surface area contributed by atoms with Gasteiger partial charge < -0.3 is 9.47 Å². The van der Waals surface area contributed by atoms with Crippen LogP contribution >= 0.6 is 0 Å². The number of hydrogen-bond donors (Lipinski definition) is 1. The number of carbonyl (C=O) groups excluding carboxylic acids is 3. The van der Waals surface area contributed by atoms with Gasteiger partial charge in [-0.3, -0.25) is 19.8 Å². The zero-order valence-electron chi connectivity index (χ0n) is 21.4. The quantitative estimate of drug-likeness (QED) is 0.244. The number of imide groups is 2. The van der Waals surface area contributed by atoms with Crippen LogP contribution < -0.4 is 14.8 Å². The monoisotopic (exact) mass is 510 g/mol. The van der Waals surface area contributed by atoms with E-state index >= 15 is 0 Å². The molecule has 0 radical (unpaired) electrons. The van der Waals surface area contributed by atoms with Crippen molar-refractivity contribution in [3.63, 3.8) is 0 Å². The molecule has 7 nitrogen and oxygen atoms in total. The average molecular weight is 511 g/mol. The number of hydrogen-bond acceptors (Lipinski definition) is 5. The highest BCUT2D eigenvalue weighted by Gasteiger charge is 2.40. The predicted octanol–water partition coefficient (Wildman–Crippen LogP) is 5.56. The number of carbonyl (C=O) groups is 3. The lowest BCUT2D eigenvalue weighted by Gasteiger charge is -2.31. The maximum absolute atomic E-state index is 13.2. The van der Waals surface area contributed by atoms with Gasteiger partial charge in [0.15, 0.2) is 11.5 Å². The SMILES string of the molecule is C=CCc1cc(/C=C2\C(=O)NC(=O)N(C3CCCC3)C2=O)cc(OC)c1OCc1cccc2ccccc12. The largest absolute Gasteiger partial charge is 0.493 e. The van der Waals surface area contributed by atoms with E-state index < -0.39 is 17.8 Å². The van der Waals surface area contributed by atoms with Crippen LogP contribution in [0.25, 0.3) is 16.8 Å². The number of nitrogens with zero attached hydrogens (tertiary/aromatic N) is 1. The zero-order valence-corrected chi connectivity index (χ0v) is 21.4. The molecule has 0 atom stereocenters. The fourth-order valence-electron chi connectivity index (χ4n) is 5.29. The first-order chi connectivity index (χ1) is 18.5. The summed E-state index contributed by atoms with van der Waals surface area (Å²) in [6.07, 6.45) is 7.17. The first kappa shape index (κ1) is 25.3. The summed E-state index contributed by atoms with van der Waals surface area (Å²) < 4.78 is 12.0. The number of rotatable bonds is 8. The molecule has 2 fully saturated rings. The maximum Gasteiger partial charge on any atom is 0.331 e. The molecule has 1 aliphatic carbocycles. The second-order valence-electron chi connectivity index (χ2n) is 9.56. The Hall–Kier alpha value is -4.39. The number of nitrogens with one attached hydrogen (secondary N) is 1. The normalized spacial score (nSPS) is 17.2. The third-order valence-corrected chi connectivity index (χ3v) is 7.12. The molecule has 1 N–H and O–H groups in total. The van der Waals surface area contributed by atoms with Crippen molar-refractivity contribution < 1.29 is 23.9 Å². The van der Waals surface area contributed by atoms with Crippen molar-refractivity contribution in [2.75, 3.05) is 7.11 Å². The van der Waals surface area contributed by atoms with E-state index in [1.54, 1.807) is 19.3 Å². The first-order valence-electron chi connectivity index (χ1n) is 12.8. The molecule has 4 amide bonds. The lowest BCUT2D eigenvalue weighted by Crippen LogP contribution is -2.57. The molecule has 7 heteroatoms. The smallest absolute Gasteiger partial charge is 0.331 e. The Bertz CT molecular complexity index is 1450. The number of allylic oxidation sites excluding steroid dienone is 1. The van der Waals surface area contributed by atoms with Crippen LogP contribution in [0.5, 0.6) is 11.5 Å². The van der Waals surface area contributed by atoms with Crippen LogP contribution in [0.4, 0.5) is 4.79 Å². The van der Waals surface area contributed by atoms with Gasteiger partial charge in [0.05, 0.1) is 7.11 Å². The Morgan fingerprint density at radius 2 is 1.79 bits per heavy atom. The number of methoxy groups -OCH3 is 1. The highest BCUT2D eigenvalue weighted by atomic mass is 16.5. The van der Waals surface area contributed by atoms with Crippen LogP contribution in [0.3, 0.4) is 0 Å². The Morgan fingerprint density at radius 1 is 1.03 bits per heavy atom. The van der Waals surface area contributed by atoms with E-state index in [1.807, 2.05) is 30.3 Å². The minimum atomic E-state index is -0.699. The summed E-state index contributed by atoms with van der Waals surface area (Å²) in [4.78, 5) is 39.6. The molecule has 1 saturated carbocycles. The fraction of sp³-hybridized carbons (Fsp3) is 0.258. The molecule has 1 aliphatic heterocycles. The van der Waals surface area contributed by atoms with E-state index in [0.717, 1.165) is 47.6 Å². The van der Waals surface area contributed by atoms with Crippen LogP contribution in [0.15, 0.2) is 72.8 Å². The Labute approximate surface area is 221 Å². The topological polar surface area (TPSA) is 84.9 Å². The second-order valence-corrected chi connectivity index (χ2v) is 9.56. The number of amides is 4. The zero-order chi connectivity index (χ0) is 26.6. The molecule has 5 rings (SSSR count). The number of fused-ring (bicyclic) bond motifs is 1. The number of ether oxygens (including phenoxy) is 2. The molecule has 1 heterocycles. The van der Waals surface area contributed by atoms with Gasteiger partial charge in [-0.2, -0.15) is 0 Å². The number of barbiturate groups is 1. The van der Waals surface area contributed by atoms with Gasteiger partial charge in [0.1, 0.15) is 12.2 Å². The van der Waals surface area contributed by atoms with E-state index in [-0.39, 0.29) is 11.6 Å². The van der Waals surface area contributed by atoms with Gasteiger partial charge in [0.25, 0.3) is 11.8 Å². The van der Waals surface area contributed by atoms with E-state index in [4.69, 9.17) is 9.47 Å². The van der Waals surface area contributed by atoms with E-state index in [2.05, 4.69) is 30.1 Å². The third-order valence-electron chi connectivity index (χ3n) is 7.12. The van der Waals surface area contributed by atoms with Gasteiger partial charge in [0, 0.05) is 11.6 Å². The molecule has 3 aromatic rings. The highest BCUT2D eigenvalue weighted by molar-refractivity contribution is 6.31. The average Bonchev–Trinajstić information content (AvgIpc) is 3.44. The van der Waals surface area contributed by atoms with E-state index in [9.17, 15) is 14.4 Å². The van der Waals surface area contributed by atoms with E-state index in [0.29, 0.717) is 30.1 Å². The van der Waals surface area contributed by atoms with Crippen molar-refractivity contribution in [1.82, 2.24) is 10.2 Å². The van der Waals surface area contributed by atoms with Crippen LogP contribution in [0, 0.1) is 0 Å². The summed E-state index contributed by atoms with van der Waals surface area (Å²) in [5.74, 6) is -0.213.